The molecule has 1 fully saturated rings. The Bertz CT molecular complexity index is 368. The van der Waals surface area contributed by atoms with Gasteiger partial charge in [-0.25, -0.2) is 0 Å². The van der Waals surface area contributed by atoms with E-state index in [4.69, 9.17) is 21.7 Å². The zero-order valence-electron chi connectivity index (χ0n) is 8.72. The molecule has 0 atom stereocenters. The summed E-state index contributed by atoms with van der Waals surface area (Å²) in [6.07, 6.45) is 3.16. The average Bonchev–Trinajstić information content (AvgIpc) is 2.19. The number of halogens is 1. The highest BCUT2D eigenvalue weighted by Crippen LogP contribution is 2.44. The Kier molecular flexibility index (Phi) is 2.70. The smallest absolute Gasteiger partial charge is 0.191 e. The quantitative estimate of drug-likeness (QED) is 0.605. The lowest BCUT2D eigenvalue weighted by atomic mass is 9.64. The highest BCUT2D eigenvalue weighted by Gasteiger charge is 2.43. The molecule has 0 spiro atoms. The molecule has 0 aromatic heterocycles. The van der Waals surface area contributed by atoms with Crippen LogP contribution in [0.5, 0.6) is 0 Å². The van der Waals surface area contributed by atoms with Crippen LogP contribution in [0, 0.1) is 5.41 Å². The molecule has 1 aromatic carbocycles. The number of methoxy groups -OCH3 is 1. The Balaban J connectivity index is 2.34. The molecule has 0 unspecified atom stereocenters. The van der Waals surface area contributed by atoms with E-state index in [1.807, 2.05) is 24.3 Å². The van der Waals surface area contributed by atoms with Gasteiger partial charge < -0.3 is 4.74 Å². The summed E-state index contributed by atoms with van der Waals surface area (Å²) in [5.74, 6) is 0.371. The van der Waals surface area contributed by atoms with Crippen LogP contribution in [-0.4, -0.2) is 13.0 Å². The van der Waals surface area contributed by atoms with E-state index in [0.29, 0.717) is 5.90 Å². The molecule has 1 saturated carbocycles. The number of benzene rings is 1. The van der Waals surface area contributed by atoms with Crippen molar-refractivity contribution in [1.82, 2.24) is 0 Å². The fraction of sp³-hybridized carbons (Fsp3) is 0.417. The van der Waals surface area contributed by atoms with Crippen molar-refractivity contribution in [3.8, 4) is 0 Å². The van der Waals surface area contributed by atoms with Crippen molar-refractivity contribution in [2.24, 2.45) is 0 Å². The first-order valence-electron chi connectivity index (χ1n) is 5.08. The minimum absolute atomic E-state index is 0.181. The van der Waals surface area contributed by atoms with Crippen molar-refractivity contribution in [3.05, 3.63) is 34.9 Å². The first-order chi connectivity index (χ1) is 7.19. The van der Waals surface area contributed by atoms with Gasteiger partial charge >= 0.3 is 0 Å². The predicted molar refractivity (Wildman–Crippen MR) is 61.7 cm³/mol. The van der Waals surface area contributed by atoms with Gasteiger partial charge in [-0.15, -0.1) is 0 Å². The number of hydrogen-bond acceptors (Lipinski definition) is 2. The first kappa shape index (κ1) is 10.5. The summed E-state index contributed by atoms with van der Waals surface area (Å²) < 4.78 is 5.09. The van der Waals surface area contributed by atoms with Crippen molar-refractivity contribution in [1.29, 1.82) is 5.41 Å². The van der Waals surface area contributed by atoms with E-state index in [0.717, 1.165) is 29.8 Å². The van der Waals surface area contributed by atoms with Crippen molar-refractivity contribution in [3.63, 3.8) is 0 Å². The molecule has 0 saturated heterocycles. The number of hydrogen-bond donors (Lipinski definition) is 1. The summed E-state index contributed by atoms with van der Waals surface area (Å²) >= 11 is 5.85. The molecular formula is C12H14ClNO. The van der Waals surface area contributed by atoms with Gasteiger partial charge in [-0.3, -0.25) is 5.41 Å². The summed E-state index contributed by atoms with van der Waals surface area (Å²) in [5, 5.41) is 8.61. The van der Waals surface area contributed by atoms with Crippen LogP contribution in [0.15, 0.2) is 24.3 Å². The van der Waals surface area contributed by atoms with Gasteiger partial charge in [-0.2, -0.15) is 0 Å². The second-order valence-corrected chi connectivity index (χ2v) is 4.41. The van der Waals surface area contributed by atoms with E-state index >= 15 is 0 Å². The second-order valence-electron chi connectivity index (χ2n) is 3.98. The van der Waals surface area contributed by atoms with Gasteiger partial charge in [-0.05, 0) is 30.5 Å². The summed E-state index contributed by atoms with van der Waals surface area (Å²) in [5.41, 5.74) is 0.962. The van der Waals surface area contributed by atoms with Crippen molar-refractivity contribution >= 4 is 17.5 Å². The van der Waals surface area contributed by atoms with E-state index in [-0.39, 0.29) is 5.41 Å². The van der Waals surface area contributed by atoms with Gasteiger partial charge in [0.25, 0.3) is 0 Å². The van der Waals surface area contributed by atoms with E-state index in [1.54, 1.807) is 7.11 Å². The van der Waals surface area contributed by atoms with Gasteiger partial charge in [0.1, 0.15) is 0 Å². The van der Waals surface area contributed by atoms with E-state index < -0.39 is 0 Å². The fourth-order valence-corrected chi connectivity index (χ4v) is 2.27. The maximum Gasteiger partial charge on any atom is 0.191 e. The zero-order chi connectivity index (χ0) is 10.9. The molecule has 1 aliphatic carbocycles. The minimum atomic E-state index is -0.181. The van der Waals surface area contributed by atoms with E-state index in [1.165, 1.54) is 0 Å². The standard InChI is InChI=1S/C12H14ClNO/c1-15-11(14)12(7-2-8-12)9-3-5-10(13)6-4-9/h3-6,14H,2,7-8H2,1H3. The lowest BCUT2D eigenvalue weighted by Gasteiger charge is -2.41. The Morgan fingerprint density at radius 1 is 1.33 bits per heavy atom. The first-order valence-corrected chi connectivity index (χ1v) is 5.46. The highest BCUT2D eigenvalue weighted by atomic mass is 35.5. The highest BCUT2D eigenvalue weighted by molar-refractivity contribution is 6.30. The second kappa shape index (κ2) is 3.86. The fourth-order valence-electron chi connectivity index (χ4n) is 2.14. The molecule has 15 heavy (non-hydrogen) atoms. The van der Waals surface area contributed by atoms with Gasteiger partial charge in [0.2, 0.25) is 0 Å². The van der Waals surface area contributed by atoms with Crippen LogP contribution in [-0.2, 0) is 10.2 Å². The van der Waals surface area contributed by atoms with E-state index in [9.17, 15) is 0 Å². The molecule has 0 bridgehead atoms. The summed E-state index contributed by atoms with van der Waals surface area (Å²) in [6.45, 7) is 0. The minimum Gasteiger partial charge on any atom is -0.484 e. The monoisotopic (exact) mass is 223 g/mol. The molecule has 1 N–H and O–H groups in total. The predicted octanol–water partition coefficient (Wildman–Crippen LogP) is 3.39. The van der Waals surface area contributed by atoms with Crippen LogP contribution in [0.1, 0.15) is 24.8 Å². The lowest BCUT2D eigenvalue weighted by Crippen LogP contribution is -2.42. The SMILES string of the molecule is COC(=N)C1(c2ccc(Cl)cc2)CCC1. The van der Waals surface area contributed by atoms with Crippen LogP contribution in [0.2, 0.25) is 5.02 Å². The lowest BCUT2D eigenvalue weighted by molar-refractivity contribution is 0.259. The third-order valence-corrected chi connectivity index (χ3v) is 3.49. The van der Waals surface area contributed by atoms with Crippen molar-refractivity contribution < 1.29 is 4.74 Å². The summed E-state index contributed by atoms with van der Waals surface area (Å²) in [7, 11) is 1.57. The molecule has 0 heterocycles. The normalized spacial score (nSPS) is 18.0. The number of nitrogens with one attached hydrogen (secondary N) is 1. The molecule has 0 aliphatic heterocycles. The van der Waals surface area contributed by atoms with Crippen LogP contribution in [0.3, 0.4) is 0 Å². The van der Waals surface area contributed by atoms with Crippen LogP contribution in [0.25, 0.3) is 0 Å². The zero-order valence-corrected chi connectivity index (χ0v) is 9.47. The third-order valence-electron chi connectivity index (χ3n) is 3.24. The Morgan fingerprint density at radius 2 is 1.93 bits per heavy atom. The van der Waals surface area contributed by atoms with Crippen LogP contribution in [0.4, 0.5) is 0 Å². The largest absolute Gasteiger partial charge is 0.484 e. The number of rotatable bonds is 2. The molecule has 2 nitrogen and oxygen atoms in total. The molecule has 2 rings (SSSR count). The molecule has 3 heteroatoms. The Labute approximate surface area is 94.7 Å². The maximum absolute atomic E-state index is 7.88. The summed E-state index contributed by atoms with van der Waals surface area (Å²) in [6, 6.07) is 7.74. The van der Waals surface area contributed by atoms with Gasteiger partial charge in [0.15, 0.2) is 5.90 Å². The van der Waals surface area contributed by atoms with Crippen LogP contribution < -0.4 is 0 Å². The van der Waals surface area contributed by atoms with Gasteiger partial charge in [0, 0.05) is 5.02 Å². The van der Waals surface area contributed by atoms with E-state index in [2.05, 4.69) is 0 Å². The topological polar surface area (TPSA) is 33.1 Å². The van der Waals surface area contributed by atoms with Gasteiger partial charge in [0.05, 0.1) is 12.5 Å². The molecule has 0 radical (unpaired) electrons. The van der Waals surface area contributed by atoms with Crippen molar-refractivity contribution in [2.45, 2.75) is 24.7 Å². The molecular weight excluding hydrogens is 210 g/mol. The Morgan fingerprint density at radius 3 is 2.33 bits per heavy atom. The van der Waals surface area contributed by atoms with Gasteiger partial charge in [-0.1, -0.05) is 30.2 Å². The molecule has 80 valence electrons. The maximum atomic E-state index is 7.88. The third kappa shape index (κ3) is 1.63. The Hall–Kier alpha value is -1.02. The molecule has 1 aromatic rings. The van der Waals surface area contributed by atoms with Crippen LogP contribution >= 0.6 is 11.6 Å². The van der Waals surface area contributed by atoms with Crippen molar-refractivity contribution in [2.75, 3.05) is 7.11 Å². The molecule has 0 amide bonds. The number of ether oxygens (including phenoxy) is 1. The average molecular weight is 224 g/mol. The summed E-state index contributed by atoms with van der Waals surface area (Å²) in [4.78, 5) is 0. The molecule has 1 aliphatic rings.